The highest BCUT2D eigenvalue weighted by Crippen LogP contribution is 2.15. The summed E-state index contributed by atoms with van der Waals surface area (Å²) in [5, 5.41) is 6.44. The predicted octanol–water partition coefficient (Wildman–Crippen LogP) is 0.703. The van der Waals surface area contributed by atoms with Crippen LogP contribution >= 0.6 is 12.4 Å². The molecule has 2 heterocycles. The quantitative estimate of drug-likeness (QED) is 0.757. The van der Waals surface area contributed by atoms with Gasteiger partial charge in [-0.05, 0) is 32.2 Å². The van der Waals surface area contributed by atoms with E-state index in [1.54, 1.807) is 0 Å². The first kappa shape index (κ1) is 13.7. The molecule has 1 unspecified atom stereocenters. The molecule has 0 aliphatic carbocycles. The first-order chi connectivity index (χ1) is 7.36. The highest BCUT2D eigenvalue weighted by atomic mass is 35.5. The van der Waals surface area contributed by atoms with Crippen LogP contribution in [0, 0.1) is 5.92 Å². The van der Waals surface area contributed by atoms with Gasteiger partial charge >= 0.3 is 0 Å². The summed E-state index contributed by atoms with van der Waals surface area (Å²) in [6, 6.07) is 0.342. The maximum atomic E-state index is 11.9. The lowest BCUT2D eigenvalue weighted by Gasteiger charge is -2.27. The highest BCUT2D eigenvalue weighted by Gasteiger charge is 2.24. The summed E-state index contributed by atoms with van der Waals surface area (Å²) in [6.45, 7) is 3.49. The highest BCUT2D eigenvalue weighted by molar-refractivity contribution is 5.85. The molecule has 0 saturated carbocycles. The fourth-order valence-electron chi connectivity index (χ4n) is 2.25. The Balaban J connectivity index is 0.00000128. The van der Waals surface area contributed by atoms with Crippen LogP contribution in [0.3, 0.4) is 0 Å². The van der Waals surface area contributed by atoms with Gasteiger partial charge in [-0.15, -0.1) is 12.4 Å². The second-order valence-corrected chi connectivity index (χ2v) is 4.44. The van der Waals surface area contributed by atoms with Crippen LogP contribution in [-0.2, 0) is 9.53 Å². The number of hydrogen-bond donors (Lipinski definition) is 2. The van der Waals surface area contributed by atoms with Crippen LogP contribution < -0.4 is 10.6 Å². The molecular formula is C11H21ClN2O2. The molecule has 1 amide bonds. The van der Waals surface area contributed by atoms with Gasteiger partial charge in [-0.25, -0.2) is 0 Å². The van der Waals surface area contributed by atoms with E-state index in [9.17, 15) is 4.79 Å². The van der Waals surface area contributed by atoms with Crippen molar-refractivity contribution in [1.82, 2.24) is 10.6 Å². The van der Waals surface area contributed by atoms with Crippen molar-refractivity contribution in [3.8, 4) is 0 Å². The van der Waals surface area contributed by atoms with E-state index in [2.05, 4.69) is 10.6 Å². The molecule has 2 saturated heterocycles. The van der Waals surface area contributed by atoms with Crippen LogP contribution in [0.4, 0.5) is 0 Å². The third-order valence-electron chi connectivity index (χ3n) is 3.24. The Morgan fingerprint density at radius 3 is 2.62 bits per heavy atom. The van der Waals surface area contributed by atoms with Gasteiger partial charge in [0.2, 0.25) is 5.91 Å². The molecule has 2 fully saturated rings. The van der Waals surface area contributed by atoms with Gasteiger partial charge in [-0.2, -0.15) is 0 Å². The molecule has 16 heavy (non-hydrogen) atoms. The number of halogens is 1. The summed E-state index contributed by atoms with van der Waals surface area (Å²) in [4.78, 5) is 11.9. The molecule has 1 atom stereocenters. The van der Waals surface area contributed by atoms with Crippen molar-refractivity contribution in [2.45, 2.75) is 31.7 Å². The fourth-order valence-corrected chi connectivity index (χ4v) is 2.25. The van der Waals surface area contributed by atoms with Gasteiger partial charge < -0.3 is 15.4 Å². The van der Waals surface area contributed by atoms with Gasteiger partial charge in [0.25, 0.3) is 0 Å². The lowest BCUT2D eigenvalue weighted by molar-refractivity contribution is -0.128. The first-order valence-corrected chi connectivity index (χ1v) is 5.95. The molecule has 0 aromatic heterocycles. The van der Waals surface area contributed by atoms with E-state index >= 15 is 0 Å². The maximum Gasteiger partial charge on any atom is 0.223 e. The van der Waals surface area contributed by atoms with E-state index < -0.39 is 0 Å². The van der Waals surface area contributed by atoms with Gasteiger partial charge in [0.15, 0.2) is 0 Å². The third-order valence-corrected chi connectivity index (χ3v) is 3.24. The van der Waals surface area contributed by atoms with Gasteiger partial charge in [0, 0.05) is 31.7 Å². The van der Waals surface area contributed by atoms with Crippen LogP contribution in [-0.4, -0.2) is 38.3 Å². The van der Waals surface area contributed by atoms with Gasteiger partial charge in [0.1, 0.15) is 0 Å². The average molecular weight is 249 g/mol. The van der Waals surface area contributed by atoms with Crippen molar-refractivity contribution in [2.75, 3.05) is 26.3 Å². The normalized spacial score (nSPS) is 26.9. The van der Waals surface area contributed by atoms with E-state index in [0.29, 0.717) is 6.04 Å². The molecule has 2 N–H and O–H groups in total. The van der Waals surface area contributed by atoms with Crippen molar-refractivity contribution >= 4 is 18.3 Å². The molecule has 0 spiro atoms. The number of carbonyl (C=O) groups is 1. The van der Waals surface area contributed by atoms with E-state index in [0.717, 1.165) is 45.6 Å². The summed E-state index contributed by atoms with van der Waals surface area (Å²) in [7, 11) is 0. The Morgan fingerprint density at radius 2 is 2.00 bits per heavy atom. The third kappa shape index (κ3) is 3.92. The molecular weight excluding hydrogens is 228 g/mol. The predicted molar refractivity (Wildman–Crippen MR) is 64.8 cm³/mol. The van der Waals surface area contributed by atoms with Crippen molar-refractivity contribution in [1.29, 1.82) is 0 Å². The van der Waals surface area contributed by atoms with Crippen LogP contribution in [0.2, 0.25) is 0 Å². The Morgan fingerprint density at radius 1 is 1.25 bits per heavy atom. The lowest BCUT2D eigenvalue weighted by Crippen LogP contribution is -2.48. The van der Waals surface area contributed by atoms with E-state index in [1.165, 1.54) is 6.42 Å². The lowest BCUT2D eigenvalue weighted by atomic mass is 9.98. The van der Waals surface area contributed by atoms with Gasteiger partial charge in [-0.3, -0.25) is 4.79 Å². The molecule has 0 bridgehead atoms. The van der Waals surface area contributed by atoms with E-state index in [4.69, 9.17) is 4.74 Å². The molecule has 94 valence electrons. The van der Waals surface area contributed by atoms with Crippen molar-refractivity contribution in [3.63, 3.8) is 0 Å². The fraction of sp³-hybridized carbons (Fsp3) is 0.909. The number of nitrogens with one attached hydrogen (secondary N) is 2. The number of hydrogen-bond acceptors (Lipinski definition) is 3. The van der Waals surface area contributed by atoms with Crippen molar-refractivity contribution in [2.24, 2.45) is 5.92 Å². The topological polar surface area (TPSA) is 50.4 Å². The summed E-state index contributed by atoms with van der Waals surface area (Å²) >= 11 is 0. The molecule has 2 aliphatic heterocycles. The zero-order valence-corrected chi connectivity index (χ0v) is 10.4. The van der Waals surface area contributed by atoms with Crippen LogP contribution in [0.25, 0.3) is 0 Å². The molecule has 2 aliphatic rings. The van der Waals surface area contributed by atoms with Crippen molar-refractivity contribution < 1.29 is 9.53 Å². The largest absolute Gasteiger partial charge is 0.381 e. The molecule has 2 rings (SSSR count). The second-order valence-electron chi connectivity index (χ2n) is 4.44. The first-order valence-electron chi connectivity index (χ1n) is 5.95. The Bertz CT molecular complexity index is 214. The number of carbonyl (C=O) groups excluding carboxylic acids is 1. The Kier molecular flexibility index (Phi) is 6.09. The minimum Gasteiger partial charge on any atom is -0.381 e. The van der Waals surface area contributed by atoms with E-state index in [1.807, 2.05) is 0 Å². The van der Waals surface area contributed by atoms with Crippen LogP contribution in [0.1, 0.15) is 25.7 Å². The monoisotopic (exact) mass is 248 g/mol. The second kappa shape index (κ2) is 7.09. The zero-order valence-electron chi connectivity index (χ0n) is 9.54. The van der Waals surface area contributed by atoms with Gasteiger partial charge in [0.05, 0.1) is 0 Å². The van der Waals surface area contributed by atoms with Crippen LogP contribution in [0.5, 0.6) is 0 Å². The Labute approximate surface area is 103 Å². The number of ether oxygens (including phenoxy) is 1. The maximum absolute atomic E-state index is 11.9. The summed E-state index contributed by atoms with van der Waals surface area (Å²) in [5.41, 5.74) is 0. The smallest absolute Gasteiger partial charge is 0.223 e. The minimum absolute atomic E-state index is 0. The minimum atomic E-state index is 0. The molecule has 0 aromatic rings. The molecule has 4 nitrogen and oxygen atoms in total. The SMILES string of the molecule is Cl.O=C(NC1CCCNC1)C1CCOCC1. The molecule has 0 radical (unpaired) electrons. The molecule has 0 aromatic carbocycles. The van der Waals surface area contributed by atoms with Gasteiger partial charge in [-0.1, -0.05) is 0 Å². The molecule has 5 heteroatoms. The number of amides is 1. The standard InChI is InChI=1S/C11H20N2O2.ClH/c14-11(9-3-6-15-7-4-9)13-10-2-1-5-12-8-10;/h9-10,12H,1-8H2,(H,13,14);1H. The number of piperidine rings is 1. The Hall–Kier alpha value is -0.320. The summed E-state index contributed by atoms with van der Waals surface area (Å²) in [5.74, 6) is 0.410. The van der Waals surface area contributed by atoms with E-state index in [-0.39, 0.29) is 24.2 Å². The van der Waals surface area contributed by atoms with Crippen LogP contribution in [0.15, 0.2) is 0 Å². The van der Waals surface area contributed by atoms with Crippen molar-refractivity contribution in [3.05, 3.63) is 0 Å². The zero-order chi connectivity index (χ0) is 10.5. The number of rotatable bonds is 2. The summed E-state index contributed by atoms with van der Waals surface area (Å²) < 4.78 is 5.25. The summed E-state index contributed by atoms with van der Waals surface area (Å²) in [6.07, 6.45) is 4.04. The average Bonchev–Trinajstić information content (AvgIpc) is 2.31.